The summed E-state index contributed by atoms with van der Waals surface area (Å²) in [6, 6.07) is 3.50. The highest BCUT2D eigenvalue weighted by molar-refractivity contribution is 5.78. The lowest BCUT2D eigenvalue weighted by Crippen LogP contribution is -3.11. The second-order valence-electron chi connectivity index (χ2n) is 4.82. The minimum atomic E-state index is 0.513. The highest BCUT2D eigenvalue weighted by Crippen LogP contribution is 1.98. The molecule has 1 aliphatic rings. The van der Waals surface area contributed by atoms with Crippen molar-refractivity contribution in [2.45, 2.75) is 6.92 Å². The third-order valence-electron chi connectivity index (χ3n) is 3.05. The van der Waals surface area contributed by atoms with E-state index in [0.29, 0.717) is 28.9 Å². The Bertz CT molecular complexity index is 735. The molecule has 0 spiro atoms. The average Bonchev–Trinajstić information content (AvgIpc) is 2.59. The third kappa shape index (κ3) is 4.49. The molecule has 24 heavy (non-hydrogen) atoms. The standard InChI is InChI=1S/C14H21N8O2/c1-10(15-17-11-6-8-13(23-4)19-21(11)2)16-18-12-7-9-14(24-5)20-22(12)3/h6-9,21H,1-5H3,(H,15,16)/q+1/b18-12-. The highest BCUT2D eigenvalue weighted by atomic mass is 16.5. The molecule has 1 atom stereocenters. The maximum Gasteiger partial charge on any atom is 0.271 e. The van der Waals surface area contributed by atoms with Crippen LogP contribution in [0.25, 0.3) is 0 Å². The first-order valence-electron chi connectivity index (χ1n) is 7.18. The Hall–Kier alpha value is -3.01. The van der Waals surface area contributed by atoms with Gasteiger partial charge in [0.05, 0.1) is 21.3 Å². The number of quaternary nitrogens is 1. The molecule has 0 amide bonds. The monoisotopic (exact) mass is 333 g/mol. The number of aromatic nitrogens is 2. The zero-order valence-corrected chi connectivity index (χ0v) is 14.3. The lowest BCUT2D eigenvalue weighted by molar-refractivity contribution is -0.893. The van der Waals surface area contributed by atoms with E-state index in [1.807, 2.05) is 7.05 Å². The molecule has 1 aliphatic heterocycles. The number of hydrogen-bond donors (Lipinski definition) is 2. The fourth-order valence-electron chi connectivity index (χ4n) is 1.74. The van der Waals surface area contributed by atoms with E-state index in [1.165, 1.54) is 0 Å². The number of nitrogens with zero attached hydrogens (tertiary/aromatic N) is 6. The van der Waals surface area contributed by atoms with Crippen molar-refractivity contribution in [1.29, 1.82) is 0 Å². The summed E-state index contributed by atoms with van der Waals surface area (Å²) in [4.78, 5) is 0. The van der Waals surface area contributed by atoms with E-state index in [1.54, 1.807) is 57.2 Å². The predicted octanol–water partition coefficient (Wildman–Crippen LogP) is -1.85. The van der Waals surface area contributed by atoms with Crippen molar-refractivity contribution in [3.05, 3.63) is 41.5 Å². The van der Waals surface area contributed by atoms with Gasteiger partial charge >= 0.3 is 0 Å². The van der Waals surface area contributed by atoms with Gasteiger partial charge in [0.2, 0.25) is 5.88 Å². The third-order valence-corrected chi connectivity index (χ3v) is 3.05. The van der Waals surface area contributed by atoms with Gasteiger partial charge < -0.3 is 9.47 Å². The van der Waals surface area contributed by atoms with Crippen LogP contribution in [0.2, 0.25) is 0 Å². The number of amidine groups is 1. The van der Waals surface area contributed by atoms with Crippen LogP contribution in [-0.2, 0) is 11.8 Å². The molecule has 10 nitrogen and oxygen atoms in total. The summed E-state index contributed by atoms with van der Waals surface area (Å²) >= 11 is 0. The molecule has 2 rings (SSSR count). The summed E-state index contributed by atoms with van der Waals surface area (Å²) in [6.45, 7) is 1.76. The lowest BCUT2D eigenvalue weighted by Gasteiger charge is -2.15. The van der Waals surface area contributed by atoms with Gasteiger partial charge in [-0.3, -0.25) is 5.43 Å². The fourth-order valence-corrected chi connectivity index (χ4v) is 1.74. The van der Waals surface area contributed by atoms with Gasteiger partial charge in [0.15, 0.2) is 5.49 Å². The van der Waals surface area contributed by atoms with Crippen molar-refractivity contribution in [1.82, 2.24) is 26.1 Å². The number of ether oxygens (including phenoxy) is 2. The van der Waals surface area contributed by atoms with Crippen LogP contribution in [0.15, 0.2) is 46.2 Å². The van der Waals surface area contributed by atoms with Crippen molar-refractivity contribution in [3.63, 3.8) is 0 Å². The summed E-state index contributed by atoms with van der Waals surface area (Å²) in [5.41, 5.74) is 11.8. The van der Waals surface area contributed by atoms with E-state index in [9.17, 15) is 0 Å². The Morgan fingerprint density at radius 2 is 2.04 bits per heavy atom. The summed E-state index contributed by atoms with van der Waals surface area (Å²) in [7, 11) is 6.74. The Morgan fingerprint density at radius 3 is 2.67 bits per heavy atom. The zero-order chi connectivity index (χ0) is 17.5. The predicted molar refractivity (Wildman–Crippen MR) is 85.9 cm³/mol. The van der Waals surface area contributed by atoms with Crippen LogP contribution < -0.4 is 31.5 Å². The minimum absolute atomic E-state index is 0.513. The topological polar surface area (TPSA) is 106 Å². The summed E-state index contributed by atoms with van der Waals surface area (Å²) in [5, 5.41) is 13.2. The summed E-state index contributed by atoms with van der Waals surface area (Å²) < 4.78 is 11.7. The Morgan fingerprint density at radius 1 is 1.25 bits per heavy atom. The van der Waals surface area contributed by atoms with Gasteiger partial charge in [0.25, 0.3) is 11.7 Å². The molecular formula is C14H21N8O2+. The van der Waals surface area contributed by atoms with Crippen LogP contribution in [0, 0.1) is 0 Å². The molecule has 128 valence electrons. The van der Waals surface area contributed by atoms with Crippen LogP contribution in [0.3, 0.4) is 0 Å². The number of hydrogen-bond acceptors (Lipinski definition) is 5. The van der Waals surface area contributed by atoms with E-state index in [-0.39, 0.29) is 0 Å². The van der Waals surface area contributed by atoms with Crippen molar-refractivity contribution in [2.24, 2.45) is 17.3 Å². The number of aryl methyl sites for hydroxylation is 1. The first kappa shape index (κ1) is 17.3. The molecular weight excluding hydrogens is 312 g/mol. The first-order valence-corrected chi connectivity index (χ1v) is 7.18. The molecule has 0 aliphatic carbocycles. The molecule has 0 fully saturated rings. The van der Waals surface area contributed by atoms with Crippen molar-refractivity contribution >= 4 is 5.84 Å². The number of allylic oxidation sites excluding steroid dienone is 2. The molecule has 0 saturated heterocycles. The quantitative estimate of drug-likeness (QED) is 0.375. The average molecular weight is 333 g/mol. The number of methoxy groups -OCH3 is 2. The number of rotatable bonds is 5. The summed E-state index contributed by atoms with van der Waals surface area (Å²) in [6.07, 6.45) is 3.53. The second-order valence-corrected chi connectivity index (χ2v) is 4.82. The van der Waals surface area contributed by atoms with Crippen LogP contribution in [-0.4, -0.2) is 36.9 Å². The Kier molecular flexibility index (Phi) is 5.79. The Balaban J connectivity index is 2.01. The lowest BCUT2D eigenvalue weighted by atomic mass is 10.4. The maximum atomic E-state index is 5.06. The van der Waals surface area contributed by atoms with Crippen LogP contribution in [0.4, 0.5) is 0 Å². The van der Waals surface area contributed by atoms with E-state index < -0.39 is 0 Å². The molecule has 0 saturated carbocycles. The second kappa shape index (κ2) is 8.02. The SMILES string of the molecule is COC1=CC=C([N]/N=C(\C)N/N=c2/ccc(OC)nn2C)[NH+](C)[N]1. The van der Waals surface area contributed by atoms with Crippen LogP contribution in [0.1, 0.15) is 6.92 Å². The van der Waals surface area contributed by atoms with Gasteiger partial charge in [-0.2, -0.15) is 10.1 Å². The fraction of sp³-hybridized carbons (Fsp3) is 0.357. The van der Waals surface area contributed by atoms with Gasteiger partial charge in [-0.25, -0.2) is 4.68 Å². The van der Waals surface area contributed by atoms with Crippen molar-refractivity contribution in [3.8, 4) is 5.88 Å². The van der Waals surface area contributed by atoms with Crippen molar-refractivity contribution in [2.75, 3.05) is 21.3 Å². The van der Waals surface area contributed by atoms with Gasteiger partial charge in [-0.1, -0.05) is 5.43 Å². The van der Waals surface area contributed by atoms with E-state index in [4.69, 9.17) is 9.47 Å². The molecule has 0 aromatic carbocycles. The van der Waals surface area contributed by atoms with E-state index in [2.05, 4.69) is 31.6 Å². The van der Waals surface area contributed by atoms with Gasteiger partial charge in [-0.15, -0.1) is 10.2 Å². The normalized spacial score (nSPS) is 18.3. The smallest absolute Gasteiger partial charge is 0.271 e. The molecule has 2 heterocycles. The maximum absolute atomic E-state index is 5.06. The van der Waals surface area contributed by atoms with Gasteiger partial charge in [-0.05, 0) is 18.4 Å². The van der Waals surface area contributed by atoms with E-state index in [0.717, 1.165) is 5.01 Å². The molecule has 2 radical (unpaired) electrons. The molecule has 0 bridgehead atoms. The first-order chi connectivity index (χ1) is 11.5. The van der Waals surface area contributed by atoms with Crippen molar-refractivity contribution < 1.29 is 14.5 Å². The molecule has 2 N–H and O–H groups in total. The summed E-state index contributed by atoms with van der Waals surface area (Å²) in [5.74, 6) is 2.24. The van der Waals surface area contributed by atoms with Gasteiger partial charge in [0.1, 0.15) is 5.84 Å². The molecule has 10 heteroatoms. The zero-order valence-electron chi connectivity index (χ0n) is 14.3. The molecule has 1 aromatic heterocycles. The van der Waals surface area contributed by atoms with Crippen LogP contribution in [0.5, 0.6) is 5.88 Å². The highest BCUT2D eigenvalue weighted by Gasteiger charge is 2.20. The largest absolute Gasteiger partial charge is 0.480 e. The molecule has 1 unspecified atom stereocenters. The Labute approximate surface area is 140 Å². The van der Waals surface area contributed by atoms with Crippen LogP contribution >= 0.6 is 0 Å². The number of nitrogens with one attached hydrogen (secondary N) is 2. The van der Waals surface area contributed by atoms with E-state index >= 15 is 0 Å². The minimum Gasteiger partial charge on any atom is -0.480 e. The molecule has 1 aromatic rings. The van der Waals surface area contributed by atoms with Gasteiger partial charge in [0, 0.05) is 25.3 Å².